The van der Waals surface area contributed by atoms with Crippen molar-refractivity contribution in [1.82, 2.24) is 5.32 Å². The average Bonchev–Trinajstić information content (AvgIpc) is 3.32. The number of hydrogen-bond acceptors (Lipinski definition) is 5. The number of amides is 1. The monoisotopic (exact) mass is 932 g/mol. The maximum atomic E-state index is 12.5. The summed E-state index contributed by atoms with van der Waals surface area (Å²) in [4.78, 5) is 24.5. The molecule has 6 heteroatoms. The van der Waals surface area contributed by atoms with Crippen LogP contribution in [0.1, 0.15) is 335 Å². The van der Waals surface area contributed by atoms with E-state index in [9.17, 15) is 19.8 Å². The second-order valence-corrected chi connectivity index (χ2v) is 20.7. The van der Waals surface area contributed by atoms with Crippen LogP contribution in [0.25, 0.3) is 0 Å². The Morgan fingerprint density at radius 1 is 0.409 bits per heavy atom. The first-order chi connectivity index (χ1) is 32.5. The zero-order valence-corrected chi connectivity index (χ0v) is 44.7. The Hall–Kier alpha value is -1.40. The Kier molecular flexibility index (Phi) is 55.0. The lowest BCUT2D eigenvalue weighted by Gasteiger charge is -2.22. The number of aliphatic hydroxyl groups excluding tert-OH is 2. The summed E-state index contributed by atoms with van der Waals surface area (Å²) in [5, 5.41) is 23.2. The molecule has 0 heterocycles. The minimum atomic E-state index is -0.670. The first-order valence-electron chi connectivity index (χ1n) is 29.9. The molecule has 392 valence electrons. The molecular formula is C60H117NO5. The van der Waals surface area contributed by atoms with E-state index < -0.39 is 12.1 Å². The number of nitrogens with one attached hydrogen (secondary N) is 1. The maximum absolute atomic E-state index is 12.5. The molecule has 1 amide bonds. The number of hydrogen-bond donors (Lipinski definition) is 3. The molecule has 2 unspecified atom stereocenters. The highest BCUT2D eigenvalue weighted by Crippen LogP contribution is 2.18. The zero-order chi connectivity index (χ0) is 47.9. The fourth-order valence-corrected chi connectivity index (χ4v) is 9.46. The third-order valence-electron chi connectivity index (χ3n) is 14.1. The molecule has 0 aromatic carbocycles. The van der Waals surface area contributed by atoms with Gasteiger partial charge in [0.05, 0.1) is 25.4 Å². The van der Waals surface area contributed by atoms with Crippen molar-refractivity contribution >= 4 is 11.9 Å². The standard InChI is InChI=1S/C60H117NO5/c1-3-5-7-9-11-13-15-17-18-19-20-23-26-30-34-38-42-46-50-54-60(65)66-55-51-47-43-39-35-31-27-24-21-22-25-29-33-37-41-45-49-53-59(64)61-57(56-62)58(63)52-48-44-40-36-32-28-16-14-12-10-8-6-4-2/h21,24,57-58,62-63H,3-20,22-23,25-56H2,1-2H3,(H,61,64)/b24-21-. The van der Waals surface area contributed by atoms with Crippen LogP contribution >= 0.6 is 0 Å². The molecular weight excluding hydrogens is 815 g/mol. The van der Waals surface area contributed by atoms with Gasteiger partial charge in [-0.1, -0.05) is 283 Å². The molecule has 0 spiro atoms. The molecule has 0 saturated carbocycles. The van der Waals surface area contributed by atoms with Crippen molar-refractivity contribution in [1.29, 1.82) is 0 Å². The molecule has 0 rings (SSSR count). The van der Waals surface area contributed by atoms with Crippen molar-refractivity contribution in [3.8, 4) is 0 Å². The van der Waals surface area contributed by atoms with E-state index in [4.69, 9.17) is 4.74 Å². The number of unbranched alkanes of at least 4 members (excludes halogenated alkanes) is 43. The predicted octanol–water partition coefficient (Wildman–Crippen LogP) is 18.5. The summed E-state index contributed by atoms with van der Waals surface area (Å²) in [5.41, 5.74) is 0. The van der Waals surface area contributed by atoms with E-state index in [0.717, 1.165) is 51.4 Å². The quantitative estimate of drug-likeness (QED) is 0.0321. The van der Waals surface area contributed by atoms with Crippen LogP contribution in [0.5, 0.6) is 0 Å². The smallest absolute Gasteiger partial charge is 0.305 e. The maximum Gasteiger partial charge on any atom is 0.305 e. The van der Waals surface area contributed by atoms with Gasteiger partial charge in [-0.3, -0.25) is 9.59 Å². The van der Waals surface area contributed by atoms with Gasteiger partial charge in [0, 0.05) is 12.8 Å². The molecule has 0 aliphatic rings. The van der Waals surface area contributed by atoms with Crippen LogP contribution < -0.4 is 5.32 Å². The lowest BCUT2D eigenvalue weighted by Crippen LogP contribution is -2.45. The summed E-state index contributed by atoms with van der Waals surface area (Å²) in [6.45, 7) is 4.95. The Morgan fingerprint density at radius 2 is 0.712 bits per heavy atom. The lowest BCUT2D eigenvalue weighted by atomic mass is 10.0. The van der Waals surface area contributed by atoms with Gasteiger partial charge in [0.1, 0.15) is 0 Å². The van der Waals surface area contributed by atoms with Gasteiger partial charge in [-0.05, 0) is 51.4 Å². The first-order valence-corrected chi connectivity index (χ1v) is 29.9. The highest BCUT2D eigenvalue weighted by molar-refractivity contribution is 5.76. The Morgan fingerprint density at radius 3 is 1.08 bits per heavy atom. The van der Waals surface area contributed by atoms with Gasteiger partial charge in [-0.2, -0.15) is 0 Å². The molecule has 66 heavy (non-hydrogen) atoms. The summed E-state index contributed by atoms with van der Waals surface area (Å²) >= 11 is 0. The SMILES string of the molecule is CCCCCCCCCCCCCCCCCCCCCC(=O)OCCCCCCCC/C=C\CCCCCCCCCC(=O)NC(CO)C(O)CCCCCCCCCCCCCCC. The third kappa shape index (κ3) is 52.0. The molecule has 2 atom stereocenters. The van der Waals surface area contributed by atoms with Crippen molar-refractivity contribution in [3.63, 3.8) is 0 Å². The number of carbonyl (C=O) groups excluding carboxylic acids is 2. The fourth-order valence-electron chi connectivity index (χ4n) is 9.46. The minimum absolute atomic E-state index is 0.00353. The van der Waals surface area contributed by atoms with Crippen LogP contribution in [0.15, 0.2) is 12.2 Å². The third-order valence-corrected chi connectivity index (χ3v) is 14.1. The molecule has 0 aliphatic heterocycles. The molecule has 0 aliphatic carbocycles. The second-order valence-electron chi connectivity index (χ2n) is 20.7. The van der Waals surface area contributed by atoms with Crippen LogP contribution in [-0.4, -0.2) is 47.4 Å². The van der Waals surface area contributed by atoms with Crippen molar-refractivity contribution in [2.45, 2.75) is 347 Å². The Labute approximate surface area is 412 Å². The normalized spacial score (nSPS) is 12.6. The summed E-state index contributed by atoms with van der Waals surface area (Å²) in [5.74, 6) is -0.0421. The van der Waals surface area contributed by atoms with E-state index >= 15 is 0 Å². The molecule has 0 radical (unpaired) electrons. The van der Waals surface area contributed by atoms with Crippen LogP contribution in [-0.2, 0) is 14.3 Å². The van der Waals surface area contributed by atoms with Crippen LogP contribution in [0.2, 0.25) is 0 Å². The van der Waals surface area contributed by atoms with Gasteiger partial charge in [0.2, 0.25) is 5.91 Å². The summed E-state index contributed by atoms with van der Waals surface area (Å²) in [6.07, 6.45) is 66.4. The van der Waals surface area contributed by atoms with Gasteiger partial charge in [-0.15, -0.1) is 0 Å². The van der Waals surface area contributed by atoms with E-state index in [-0.39, 0.29) is 18.5 Å². The number of carbonyl (C=O) groups is 2. The minimum Gasteiger partial charge on any atom is -0.466 e. The topological polar surface area (TPSA) is 95.9 Å². The lowest BCUT2D eigenvalue weighted by molar-refractivity contribution is -0.143. The predicted molar refractivity (Wildman–Crippen MR) is 287 cm³/mol. The van der Waals surface area contributed by atoms with Gasteiger partial charge in [-0.25, -0.2) is 0 Å². The zero-order valence-electron chi connectivity index (χ0n) is 44.7. The van der Waals surface area contributed by atoms with E-state index in [1.54, 1.807) is 0 Å². The number of rotatable bonds is 56. The van der Waals surface area contributed by atoms with E-state index in [1.807, 2.05) is 0 Å². The molecule has 0 aromatic rings. The molecule has 0 fully saturated rings. The van der Waals surface area contributed by atoms with Crippen LogP contribution in [0.4, 0.5) is 0 Å². The van der Waals surface area contributed by atoms with Crippen molar-refractivity contribution < 1.29 is 24.5 Å². The van der Waals surface area contributed by atoms with E-state index in [2.05, 4.69) is 31.3 Å². The molecule has 0 saturated heterocycles. The van der Waals surface area contributed by atoms with Crippen molar-refractivity contribution in [2.24, 2.45) is 0 Å². The van der Waals surface area contributed by atoms with Crippen molar-refractivity contribution in [3.05, 3.63) is 12.2 Å². The first kappa shape index (κ1) is 64.6. The summed E-state index contributed by atoms with van der Waals surface area (Å²) in [6, 6.07) is -0.549. The number of allylic oxidation sites excluding steroid dienone is 2. The molecule has 3 N–H and O–H groups in total. The van der Waals surface area contributed by atoms with E-state index in [0.29, 0.717) is 25.9 Å². The van der Waals surface area contributed by atoms with Gasteiger partial charge >= 0.3 is 5.97 Å². The molecule has 0 aromatic heterocycles. The van der Waals surface area contributed by atoms with Gasteiger partial charge < -0.3 is 20.3 Å². The van der Waals surface area contributed by atoms with Crippen LogP contribution in [0, 0.1) is 0 Å². The van der Waals surface area contributed by atoms with Crippen LogP contribution in [0.3, 0.4) is 0 Å². The Balaban J connectivity index is 3.41. The van der Waals surface area contributed by atoms with Gasteiger partial charge in [0.15, 0.2) is 0 Å². The number of aliphatic hydroxyl groups is 2. The molecule has 0 bridgehead atoms. The Bertz CT molecular complexity index is 986. The molecule has 6 nitrogen and oxygen atoms in total. The number of esters is 1. The van der Waals surface area contributed by atoms with Gasteiger partial charge in [0.25, 0.3) is 0 Å². The average molecular weight is 933 g/mol. The summed E-state index contributed by atoms with van der Waals surface area (Å²) in [7, 11) is 0. The largest absolute Gasteiger partial charge is 0.466 e. The second kappa shape index (κ2) is 56.2. The highest BCUT2D eigenvalue weighted by Gasteiger charge is 2.20. The highest BCUT2D eigenvalue weighted by atomic mass is 16.5. The number of ether oxygens (including phenoxy) is 1. The fraction of sp³-hybridized carbons (Fsp3) is 0.933. The van der Waals surface area contributed by atoms with E-state index in [1.165, 1.54) is 250 Å². The summed E-state index contributed by atoms with van der Waals surface area (Å²) < 4.78 is 5.49. The van der Waals surface area contributed by atoms with Crippen molar-refractivity contribution in [2.75, 3.05) is 13.2 Å².